The predicted molar refractivity (Wildman–Crippen MR) is 80.1 cm³/mol. The number of aliphatic hydroxyl groups is 1. The largest absolute Gasteiger partial charge is 0.479 e. The second-order valence-electron chi connectivity index (χ2n) is 4.31. The van der Waals surface area contributed by atoms with Crippen molar-refractivity contribution < 1.29 is 9.90 Å². The number of aromatic nitrogens is 1. The van der Waals surface area contributed by atoms with E-state index in [1.807, 2.05) is 30.3 Å². The molecule has 2 heterocycles. The zero-order chi connectivity index (χ0) is 14.7. The number of amidine groups is 1. The van der Waals surface area contributed by atoms with E-state index in [0.717, 1.165) is 5.56 Å². The number of nitrogens with one attached hydrogen (secondary N) is 1. The molecule has 6 nitrogen and oxygen atoms in total. The number of amides is 1. The van der Waals surface area contributed by atoms with E-state index < -0.39 is 0 Å². The lowest BCUT2D eigenvalue weighted by Crippen LogP contribution is -2.47. The number of anilines is 1. The van der Waals surface area contributed by atoms with Crippen LogP contribution < -0.4 is 10.4 Å². The van der Waals surface area contributed by atoms with Crippen molar-refractivity contribution in [3.63, 3.8) is 0 Å². The summed E-state index contributed by atoms with van der Waals surface area (Å²) in [6.45, 7) is 0. The number of pyridine rings is 1. The number of benzene rings is 1. The van der Waals surface area contributed by atoms with Gasteiger partial charge in [0.1, 0.15) is 5.69 Å². The van der Waals surface area contributed by atoms with Gasteiger partial charge in [-0.05, 0) is 23.8 Å². The Bertz CT molecular complexity index is 725. The lowest BCUT2D eigenvalue weighted by Gasteiger charge is -2.25. The smallest absolute Gasteiger partial charge is 0.308 e. The van der Waals surface area contributed by atoms with Gasteiger partial charge in [0.15, 0.2) is 5.82 Å². The van der Waals surface area contributed by atoms with Crippen molar-refractivity contribution in [2.24, 2.45) is 4.99 Å². The number of fused-ring (bicyclic) bond motifs is 1. The number of aliphatic hydroxyl groups excluding tert-OH is 1. The number of hydrogen-bond acceptors (Lipinski definition) is 4. The first-order chi connectivity index (χ1) is 10.2. The fourth-order valence-electron chi connectivity index (χ4n) is 1.91. The molecule has 2 aromatic rings. The van der Waals surface area contributed by atoms with Gasteiger partial charge in [0.25, 0.3) is 5.91 Å². The van der Waals surface area contributed by atoms with Crippen LogP contribution in [0.25, 0.3) is 6.08 Å². The number of carbonyl (C=O) groups is 1. The first-order valence-corrected chi connectivity index (χ1v) is 6.30. The lowest BCUT2D eigenvalue weighted by molar-refractivity contribution is -0.114. The zero-order valence-electron chi connectivity index (χ0n) is 11.0. The summed E-state index contributed by atoms with van der Waals surface area (Å²) in [6.07, 6.45) is 4.66. The average molecular weight is 280 g/mol. The van der Waals surface area contributed by atoms with Gasteiger partial charge in [-0.2, -0.15) is 4.99 Å². The van der Waals surface area contributed by atoms with Gasteiger partial charge in [0, 0.05) is 12.3 Å². The van der Waals surface area contributed by atoms with Gasteiger partial charge in [-0.25, -0.2) is 15.4 Å². The molecule has 0 radical (unpaired) electrons. The molecule has 0 saturated carbocycles. The quantitative estimate of drug-likeness (QED) is 0.827. The Morgan fingerprint density at radius 1 is 1.19 bits per heavy atom. The van der Waals surface area contributed by atoms with Crippen molar-refractivity contribution in [2.75, 3.05) is 5.01 Å². The summed E-state index contributed by atoms with van der Waals surface area (Å²) in [7, 11) is 0. The van der Waals surface area contributed by atoms with E-state index in [9.17, 15) is 9.90 Å². The van der Waals surface area contributed by atoms with E-state index in [4.69, 9.17) is 0 Å². The van der Waals surface area contributed by atoms with Crippen molar-refractivity contribution in [1.82, 2.24) is 10.4 Å². The van der Waals surface area contributed by atoms with Crippen LogP contribution >= 0.6 is 0 Å². The van der Waals surface area contributed by atoms with Gasteiger partial charge in [-0.3, -0.25) is 4.79 Å². The second kappa shape index (κ2) is 5.46. The molecule has 3 rings (SSSR count). The van der Waals surface area contributed by atoms with Crippen molar-refractivity contribution in [1.29, 1.82) is 0 Å². The highest BCUT2D eigenvalue weighted by Gasteiger charge is 2.23. The third kappa shape index (κ3) is 2.74. The Labute approximate surface area is 121 Å². The van der Waals surface area contributed by atoms with Crippen LogP contribution in [0.5, 0.6) is 0 Å². The molecule has 21 heavy (non-hydrogen) atoms. The Morgan fingerprint density at radius 2 is 2.00 bits per heavy atom. The molecule has 1 aliphatic rings. The summed E-state index contributed by atoms with van der Waals surface area (Å²) in [4.78, 5) is 20.1. The highest BCUT2D eigenvalue weighted by atomic mass is 16.3. The molecule has 0 aliphatic carbocycles. The molecule has 0 atom stereocenters. The van der Waals surface area contributed by atoms with Crippen LogP contribution in [0.1, 0.15) is 5.56 Å². The summed E-state index contributed by atoms with van der Waals surface area (Å²) in [6, 6.07) is 12.5. The summed E-state index contributed by atoms with van der Waals surface area (Å²) in [5.41, 5.74) is 3.90. The van der Waals surface area contributed by atoms with Crippen molar-refractivity contribution >= 4 is 29.5 Å². The van der Waals surface area contributed by atoms with Crippen LogP contribution in [0.2, 0.25) is 0 Å². The Kier molecular flexibility index (Phi) is 3.34. The van der Waals surface area contributed by atoms with E-state index in [1.165, 1.54) is 11.1 Å². The fraction of sp³-hybridized carbons (Fsp3) is 0. The number of nitrogens with zero attached hydrogens (tertiary/aromatic N) is 3. The Hall–Kier alpha value is -3.15. The molecule has 0 saturated heterocycles. The monoisotopic (exact) mass is 280 g/mol. The molecule has 104 valence electrons. The first-order valence-electron chi connectivity index (χ1n) is 6.30. The summed E-state index contributed by atoms with van der Waals surface area (Å²) < 4.78 is 0. The van der Waals surface area contributed by atoms with Gasteiger partial charge in [-0.15, -0.1) is 0 Å². The molecular weight excluding hydrogens is 268 g/mol. The van der Waals surface area contributed by atoms with E-state index in [2.05, 4.69) is 15.4 Å². The maximum atomic E-state index is 12.3. The average Bonchev–Trinajstić information content (AvgIpc) is 2.52. The molecule has 1 aromatic heterocycles. The lowest BCUT2D eigenvalue weighted by atomic mass is 10.2. The summed E-state index contributed by atoms with van der Waals surface area (Å²) >= 11 is 0. The maximum Gasteiger partial charge on any atom is 0.308 e. The minimum Gasteiger partial charge on any atom is -0.479 e. The van der Waals surface area contributed by atoms with Crippen LogP contribution in [-0.4, -0.2) is 22.0 Å². The molecule has 1 amide bonds. The molecule has 6 heteroatoms. The summed E-state index contributed by atoms with van der Waals surface area (Å²) in [5.74, 6) is -0.0511. The molecule has 0 fully saturated rings. The number of carbonyl (C=O) groups excluding carboxylic acids is 1. The molecular formula is C15H12N4O2. The van der Waals surface area contributed by atoms with E-state index in [1.54, 1.807) is 24.4 Å². The molecule has 1 aromatic carbocycles. The zero-order valence-corrected chi connectivity index (χ0v) is 11.0. The van der Waals surface area contributed by atoms with Gasteiger partial charge in [-0.1, -0.05) is 30.3 Å². The molecule has 1 aliphatic heterocycles. The topological polar surface area (TPSA) is 77.8 Å². The van der Waals surface area contributed by atoms with E-state index >= 15 is 0 Å². The predicted octanol–water partition coefficient (Wildman–Crippen LogP) is 2.19. The minimum absolute atomic E-state index is 0.287. The SMILES string of the molecule is O=C(C=Cc1ccccc1)N1NC(O)=Nc2ncccc21. The van der Waals surface area contributed by atoms with Crippen LogP contribution in [0.4, 0.5) is 11.5 Å². The molecule has 0 bridgehead atoms. The normalized spacial score (nSPS) is 13.5. The number of hydrazine groups is 1. The van der Waals surface area contributed by atoms with Crippen LogP contribution in [0.3, 0.4) is 0 Å². The van der Waals surface area contributed by atoms with Crippen LogP contribution in [0.15, 0.2) is 59.7 Å². The number of aliphatic imine (C=N–C) groups is 1. The van der Waals surface area contributed by atoms with E-state index in [0.29, 0.717) is 5.69 Å². The number of hydrogen-bond donors (Lipinski definition) is 2. The van der Waals surface area contributed by atoms with Gasteiger partial charge in [0.2, 0.25) is 0 Å². The molecule has 0 unspecified atom stereocenters. The second-order valence-corrected chi connectivity index (χ2v) is 4.31. The maximum absolute atomic E-state index is 12.3. The van der Waals surface area contributed by atoms with Gasteiger partial charge in [0.05, 0.1) is 0 Å². The summed E-state index contributed by atoms with van der Waals surface area (Å²) in [5, 5.41) is 10.7. The van der Waals surface area contributed by atoms with Crippen LogP contribution in [0, 0.1) is 0 Å². The van der Waals surface area contributed by atoms with Crippen LogP contribution in [-0.2, 0) is 4.79 Å². The van der Waals surface area contributed by atoms with Crippen molar-refractivity contribution in [2.45, 2.75) is 0 Å². The fourth-order valence-corrected chi connectivity index (χ4v) is 1.91. The highest BCUT2D eigenvalue weighted by molar-refractivity contribution is 6.07. The van der Waals surface area contributed by atoms with Crippen molar-refractivity contribution in [3.05, 3.63) is 60.3 Å². The van der Waals surface area contributed by atoms with Gasteiger partial charge >= 0.3 is 6.02 Å². The Balaban J connectivity index is 1.86. The van der Waals surface area contributed by atoms with E-state index in [-0.39, 0.29) is 17.7 Å². The minimum atomic E-state index is -0.373. The Morgan fingerprint density at radius 3 is 2.81 bits per heavy atom. The number of rotatable bonds is 2. The van der Waals surface area contributed by atoms with Gasteiger partial charge < -0.3 is 5.11 Å². The third-order valence-electron chi connectivity index (χ3n) is 2.87. The first kappa shape index (κ1) is 12.9. The van der Waals surface area contributed by atoms with Crippen molar-refractivity contribution in [3.8, 4) is 0 Å². The molecule has 2 N–H and O–H groups in total. The third-order valence-corrected chi connectivity index (χ3v) is 2.87. The highest BCUT2D eigenvalue weighted by Crippen LogP contribution is 2.27. The standard InChI is InChI=1S/C15H12N4O2/c20-13(9-8-11-5-2-1-3-6-11)19-12-7-4-10-16-14(12)17-15(21)18-19/h1-10H,(H2,16,17,18,21). The molecule has 0 spiro atoms.